The number of nitrogens with one attached hydrogen (secondary N) is 1. The number of carbonyl (C=O) groups is 2. The molecule has 168 valence electrons. The lowest BCUT2D eigenvalue weighted by Crippen LogP contribution is -2.54. The lowest BCUT2D eigenvalue weighted by atomic mass is 9.78. The standard InChI is InChI=1S/C22H29N3O5S/c26-20-8-7-17(23-20)21(27)24-11-9-22(10-12-24)14-25(13-16-5-6-16)31(28,29)19-4-2-1-3-18(19)30-15-22/h1-4,16-17H,5-15H2,(H,23,26)/t17-/m1/s1. The van der Waals surface area contributed by atoms with Gasteiger partial charge in [0.05, 0.1) is 6.61 Å². The number of carbonyl (C=O) groups excluding carboxylic acids is 2. The van der Waals surface area contributed by atoms with E-state index in [0.29, 0.717) is 70.1 Å². The van der Waals surface area contributed by atoms with Crippen molar-refractivity contribution in [3.63, 3.8) is 0 Å². The van der Waals surface area contributed by atoms with Gasteiger partial charge >= 0.3 is 0 Å². The van der Waals surface area contributed by atoms with Crippen molar-refractivity contribution in [2.24, 2.45) is 11.3 Å². The normalized spacial score (nSPS) is 27.7. The number of piperidine rings is 1. The van der Waals surface area contributed by atoms with Gasteiger partial charge in [-0.1, -0.05) is 12.1 Å². The zero-order valence-electron chi connectivity index (χ0n) is 17.6. The second kappa shape index (κ2) is 7.78. The lowest BCUT2D eigenvalue weighted by Gasteiger charge is -2.45. The van der Waals surface area contributed by atoms with Crippen LogP contribution < -0.4 is 10.1 Å². The molecule has 8 nitrogen and oxygen atoms in total. The number of para-hydroxylation sites is 1. The fourth-order valence-corrected chi connectivity index (χ4v) is 6.69. The van der Waals surface area contributed by atoms with Gasteiger partial charge in [0.1, 0.15) is 16.7 Å². The summed E-state index contributed by atoms with van der Waals surface area (Å²) in [5.41, 5.74) is -0.328. The number of likely N-dealkylation sites (tertiary alicyclic amines) is 1. The van der Waals surface area contributed by atoms with Crippen molar-refractivity contribution >= 4 is 21.8 Å². The van der Waals surface area contributed by atoms with E-state index in [-0.39, 0.29) is 22.1 Å². The summed E-state index contributed by atoms with van der Waals surface area (Å²) < 4.78 is 34.7. The van der Waals surface area contributed by atoms with E-state index < -0.39 is 16.1 Å². The smallest absolute Gasteiger partial charge is 0.246 e. The quantitative estimate of drug-likeness (QED) is 0.755. The molecule has 9 heteroatoms. The molecule has 1 N–H and O–H groups in total. The van der Waals surface area contributed by atoms with Gasteiger partial charge in [0.15, 0.2) is 0 Å². The number of ether oxygens (including phenoxy) is 1. The van der Waals surface area contributed by atoms with Crippen LogP contribution in [0, 0.1) is 11.3 Å². The number of nitrogens with zero attached hydrogens (tertiary/aromatic N) is 2. The average Bonchev–Trinajstić information content (AvgIpc) is 3.48. The molecule has 1 aromatic carbocycles. The molecule has 0 aromatic heterocycles. The van der Waals surface area contributed by atoms with Crippen molar-refractivity contribution in [2.45, 2.75) is 49.5 Å². The molecule has 0 bridgehead atoms. The van der Waals surface area contributed by atoms with Gasteiger partial charge in [0, 0.05) is 38.0 Å². The minimum absolute atomic E-state index is 0.0275. The van der Waals surface area contributed by atoms with Crippen LogP contribution in [0.1, 0.15) is 38.5 Å². The highest BCUT2D eigenvalue weighted by Gasteiger charge is 2.45. The van der Waals surface area contributed by atoms with Crippen LogP contribution in [0.15, 0.2) is 29.2 Å². The van der Waals surface area contributed by atoms with E-state index in [1.165, 1.54) is 0 Å². The van der Waals surface area contributed by atoms with Crippen LogP contribution in [-0.4, -0.2) is 68.3 Å². The highest BCUT2D eigenvalue weighted by molar-refractivity contribution is 7.89. The van der Waals surface area contributed by atoms with Crippen LogP contribution in [0.5, 0.6) is 5.75 Å². The summed E-state index contributed by atoms with van der Waals surface area (Å²) in [6, 6.07) is 6.46. The van der Waals surface area contributed by atoms with E-state index in [2.05, 4.69) is 5.32 Å². The van der Waals surface area contributed by atoms with Gasteiger partial charge in [0.2, 0.25) is 21.8 Å². The fourth-order valence-electron chi connectivity index (χ4n) is 4.93. The second-order valence-corrected chi connectivity index (χ2v) is 11.4. The molecule has 3 fully saturated rings. The van der Waals surface area contributed by atoms with Gasteiger partial charge in [-0.25, -0.2) is 8.42 Å². The number of hydrogen-bond acceptors (Lipinski definition) is 5. The van der Waals surface area contributed by atoms with E-state index >= 15 is 0 Å². The Balaban J connectivity index is 1.36. The van der Waals surface area contributed by atoms with Crippen LogP contribution in [0.3, 0.4) is 0 Å². The van der Waals surface area contributed by atoms with Crippen LogP contribution in [0.2, 0.25) is 0 Å². The number of sulfonamides is 1. The first-order chi connectivity index (χ1) is 14.9. The van der Waals surface area contributed by atoms with Crippen LogP contribution in [-0.2, 0) is 19.6 Å². The van der Waals surface area contributed by atoms with E-state index in [4.69, 9.17) is 4.74 Å². The molecule has 2 saturated heterocycles. The van der Waals surface area contributed by atoms with Crippen molar-refractivity contribution in [3.8, 4) is 5.75 Å². The van der Waals surface area contributed by atoms with Crippen molar-refractivity contribution in [1.29, 1.82) is 0 Å². The third-order valence-corrected chi connectivity index (χ3v) is 8.95. The van der Waals surface area contributed by atoms with E-state index in [1.807, 2.05) is 4.90 Å². The second-order valence-electron chi connectivity index (χ2n) is 9.46. The molecule has 4 aliphatic rings. The minimum atomic E-state index is -3.64. The van der Waals surface area contributed by atoms with Crippen LogP contribution >= 0.6 is 0 Å². The predicted molar refractivity (Wildman–Crippen MR) is 113 cm³/mol. The number of amides is 2. The largest absolute Gasteiger partial charge is 0.492 e. The molecule has 1 aromatic rings. The molecule has 0 unspecified atom stereocenters. The Labute approximate surface area is 183 Å². The van der Waals surface area contributed by atoms with Gasteiger partial charge < -0.3 is 15.0 Å². The maximum Gasteiger partial charge on any atom is 0.246 e. The summed E-state index contributed by atoms with van der Waals surface area (Å²) in [4.78, 5) is 26.3. The number of fused-ring (bicyclic) bond motifs is 1. The molecular formula is C22H29N3O5S. The van der Waals surface area contributed by atoms with Gasteiger partial charge in [0.25, 0.3) is 0 Å². The summed E-state index contributed by atoms with van der Waals surface area (Å²) in [5.74, 6) is 0.752. The zero-order valence-corrected chi connectivity index (χ0v) is 18.4. The van der Waals surface area contributed by atoms with E-state index in [1.54, 1.807) is 28.6 Å². The Morgan fingerprint density at radius 3 is 2.58 bits per heavy atom. The molecule has 3 aliphatic heterocycles. The van der Waals surface area contributed by atoms with Crippen molar-refractivity contribution in [2.75, 3.05) is 32.8 Å². The molecule has 0 radical (unpaired) electrons. The maximum absolute atomic E-state index is 13.5. The Bertz CT molecular complexity index is 983. The molecule has 1 aliphatic carbocycles. The van der Waals surface area contributed by atoms with Gasteiger partial charge in [-0.05, 0) is 50.2 Å². The molecule has 1 saturated carbocycles. The Kier molecular flexibility index (Phi) is 5.21. The molecule has 5 rings (SSSR count). The predicted octanol–water partition coefficient (Wildman–Crippen LogP) is 1.37. The molecule has 3 heterocycles. The lowest BCUT2D eigenvalue weighted by molar-refractivity contribution is -0.137. The average molecular weight is 448 g/mol. The summed E-state index contributed by atoms with van der Waals surface area (Å²) in [7, 11) is -3.64. The Hall–Kier alpha value is -2.13. The molecule has 1 spiro atoms. The van der Waals surface area contributed by atoms with E-state index in [9.17, 15) is 18.0 Å². The summed E-state index contributed by atoms with van der Waals surface area (Å²) in [6.07, 6.45) is 4.46. The Morgan fingerprint density at radius 2 is 1.90 bits per heavy atom. The summed E-state index contributed by atoms with van der Waals surface area (Å²) in [6.45, 7) is 2.50. The fraction of sp³-hybridized carbons (Fsp3) is 0.636. The van der Waals surface area contributed by atoms with E-state index in [0.717, 1.165) is 12.8 Å². The molecule has 31 heavy (non-hydrogen) atoms. The van der Waals surface area contributed by atoms with Crippen molar-refractivity contribution in [1.82, 2.24) is 14.5 Å². The first-order valence-corrected chi connectivity index (χ1v) is 12.6. The number of benzene rings is 1. The third kappa shape index (κ3) is 4.05. The third-order valence-electron chi connectivity index (χ3n) is 7.10. The molecule has 2 amide bonds. The number of rotatable bonds is 3. The zero-order chi connectivity index (χ0) is 21.6. The van der Waals surface area contributed by atoms with Crippen LogP contribution in [0.25, 0.3) is 0 Å². The van der Waals surface area contributed by atoms with Crippen molar-refractivity contribution in [3.05, 3.63) is 24.3 Å². The molecular weight excluding hydrogens is 418 g/mol. The first kappa shape index (κ1) is 20.8. The first-order valence-electron chi connectivity index (χ1n) is 11.2. The minimum Gasteiger partial charge on any atom is -0.492 e. The van der Waals surface area contributed by atoms with Gasteiger partial charge in [-0.3, -0.25) is 9.59 Å². The molecule has 1 atom stereocenters. The summed E-state index contributed by atoms with van der Waals surface area (Å²) >= 11 is 0. The Morgan fingerprint density at radius 1 is 1.16 bits per heavy atom. The summed E-state index contributed by atoms with van der Waals surface area (Å²) in [5, 5.41) is 2.76. The van der Waals surface area contributed by atoms with Gasteiger partial charge in [-0.15, -0.1) is 0 Å². The highest BCUT2D eigenvalue weighted by atomic mass is 32.2. The van der Waals surface area contributed by atoms with Gasteiger partial charge in [-0.2, -0.15) is 4.31 Å². The van der Waals surface area contributed by atoms with Crippen LogP contribution in [0.4, 0.5) is 0 Å². The monoisotopic (exact) mass is 447 g/mol. The topological polar surface area (TPSA) is 96.0 Å². The maximum atomic E-state index is 13.5. The highest BCUT2D eigenvalue weighted by Crippen LogP contribution is 2.41. The SMILES string of the molecule is O=C1CC[C@H](C(=O)N2CCC3(CC2)COc2ccccc2S(=O)(=O)N(CC2CC2)C3)N1. The van der Waals surface area contributed by atoms with Crippen molar-refractivity contribution < 1.29 is 22.7 Å². The number of hydrogen-bond donors (Lipinski definition) is 1.